The van der Waals surface area contributed by atoms with Crippen LogP contribution in [0.5, 0.6) is 0 Å². The molecule has 4 rings (SSSR count). The Labute approximate surface area is 189 Å². The molecule has 1 aliphatic carbocycles. The van der Waals surface area contributed by atoms with E-state index in [9.17, 15) is 14.4 Å². The van der Waals surface area contributed by atoms with E-state index in [4.69, 9.17) is 4.74 Å². The topological polar surface area (TPSA) is 66.9 Å². The number of carbonyl (C=O) groups is 3. The van der Waals surface area contributed by atoms with Gasteiger partial charge in [-0.1, -0.05) is 44.2 Å². The van der Waals surface area contributed by atoms with Crippen molar-refractivity contribution in [2.45, 2.75) is 52.6 Å². The smallest absolute Gasteiger partial charge is 0.266 e. The molecule has 1 fully saturated rings. The Kier molecular flexibility index (Phi) is 5.74. The van der Waals surface area contributed by atoms with Gasteiger partial charge >= 0.3 is 0 Å². The van der Waals surface area contributed by atoms with E-state index in [0.717, 1.165) is 11.1 Å². The molecule has 6 nitrogen and oxygen atoms in total. The molecule has 2 aliphatic heterocycles. The number of hydrogen-bond acceptors (Lipinski definition) is 4. The summed E-state index contributed by atoms with van der Waals surface area (Å²) in [4.78, 5) is 42.2. The standard InChI is InChI=1S/C26H32N2O4/c1-18(19-8-6-5-7-9-19)14-23(30)27-10-12-28(13-11-27)24(31)26(4)15-20-21(29)16-25(2,3)17-22(20)32-26/h5-9,14H,10-13,15-17H2,1-4H3. The van der Waals surface area contributed by atoms with Crippen molar-refractivity contribution in [3.05, 3.63) is 53.3 Å². The van der Waals surface area contributed by atoms with Gasteiger partial charge in [-0.15, -0.1) is 0 Å². The fourth-order valence-corrected chi connectivity index (χ4v) is 4.89. The molecular weight excluding hydrogens is 404 g/mol. The Balaban J connectivity index is 1.36. The fourth-order valence-electron chi connectivity index (χ4n) is 4.89. The minimum atomic E-state index is -1.03. The summed E-state index contributed by atoms with van der Waals surface area (Å²) in [6.45, 7) is 9.73. The molecule has 32 heavy (non-hydrogen) atoms. The quantitative estimate of drug-likeness (QED) is 0.680. The van der Waals surface area contributed by atoms with Gasteiger partial charge in [-0.05, 0) is 30.4 Å². The molecule has 0 N–H and O–H groups in total. The van der Waals surface area contributed by atoms with Gasteiger partial charge in [0.05, 0.1) is 0 Å². The molecule has 0 saturated carbocycles. The van der Waals surface area contributed by atoms with Crippen molar-refractivity contribution in [1.29, 1.82) is 0 Å². The third-order valence-corrected chi connectivity index (χ3v) is 6.71. The van der Waals surface area contributed by atoms with Crippen molar-refractivity contribution in [2.24, 2.45) is 5.41 Å². The molecule has 2 amide bonds. The van der Waals surface area contributed by atoms with E-state index in [-0.39, 0.29) is 23.0 Å². The lowest BCUT2D eigenvalue weighted by Gasteiger charge is -2.38. The predicted octanol–water partition coefficient (Wildman–Crippen LogP) is 3.58. The van der Waals surface area contributed by atoms with Gasteiger partial charge in [0.2, 0.25) is 5.91 Å². The van der Waals surface area contributed by atoms with Crippen LogP contribution in [0, 0.1) is 5.41 Å². The largest absolute Gasteiger partial charge is 0.481 e. The zero-order valence-corrected chi connectivity index (χ0v) is 19.4. The van der Waals surface area contributed by atoms with Crippen LogP contribution in [0.4, 0.5) is 0 Å². The number of Topliss-reactive ketones (excluding diaryl/α,β-unsaturated/α-hetero) is 1. The molecule has 170 valence electrons. The van der Waals surface area contributed by atoms with Gasteiger partial charge in [-0.3, -0.25) is 14.4 Å². The molecule has 1 unspecified atom stereocenters. The number of benzene rings is 1. The van der Waals surface area contributed by atoms with E-state index in [1.54, 1.807) is 22.8 Å². The van der Waals surface area contributed by atoms with E-state index in [2.05, 4.69) is 13.8 Å². The third-order valence-electron chi connectivity index (χ3n) is 6.71. The summed E-state index contributed by atoms with van der Waals surface area (Å²) in [5.74, 6) is 0.661. The van der Waals surface area contributed by atoms with Crippen LogP contribution in [0.1, 0.15) is 52.5 Å². The molecule has 0 spiro atoms. The minimum absolute atomic E-state index is 0.0354. The van der Waals surface area contributed by atoms with Crippen LogP contribution >= 0.6 is 0 Å². The molecule has 1 atom stereocenters. The van der Waals surface area contributed by atoms with E-state index < -0.39 is 5.60 Å². The van der Waals surface area contributed by atoms with Crippen molar-refractivity contribution >= 4 is 23.2 Å². The maximum absolute atomic E-state index is 13.3. The van der Waals surface area contributed by atoms with Crippen molar-refractivity contribution < 1.29 is 19.1 Å². The molecule has 3 aliphatic rings. The van der Waals surface area contributed by atoms with Crippen LogP contribution < -0.4 is 0 Å². The van der Waals surface area contributed by atoms with Crippen LogP contribution in [0.25, 0.3) is 5.57 Å². The van der Waals surface area contributed by atoms with E-state index in [0.29, 0.717) is 56.8 Å². The van der Waals surface area contributed by atoms with Gasteiger partial charge in [-0.2, -0.15) is 0 Å². The number of amides is 2. The van der Waals surface area contributed by atoms with E-state index in [1.807, 2.05) is 37.3 Å². The first-order valence-corrected chi connectivity index (χ1v) is 11.3. The summed E-state index contributed by atoms with van der Waals surface area (Å²) in [5, 5.41) is 0. The van der Waals surface area contributed by atoms with Crippen molar-refractivity contribution in [3.63, 3.8) is 0 Å². The van der Waals surface area contributed by atoms with E-state index in [1.165, 1.54) is 0 Å². The highest BCUT2D eigenvalue weighted by atomic mass is 16.5. The summed E-state index contributed by atoms with van der Waals surface area (Å²) in [6, 6.07) is 9.82. The molecule has 1 aromatic rings. The number of ether oxygens (including phenoxy) is 1. The lowest BCUT2D eigenvalue weighted by molar-refractivity contribution is -0.153. The first-order valence-electron chi connectivity index (χ1n) is 11.3. The van der Waals surface area contributed by atoms with Crippen LogP contribution in [0.2, 0.25) is 0 Å². The highest BCUT2D eigenvalue weighted by Crippen LogP contribution is 2.46. The highest BCUT2D eigenvalue weighted by molar-refractivity contribution is 6.00. The Morgan fingerprint density at radius 1 is 0.938 bits per heavy atom. The average Bonchev–Trinajstić information content (AvgIpc) is 3.10. The molecule has 6 heteroatoms. The number of carbonyl (C=O) groups excluding carboxylic acids is 3. The number of piperazine rings is 1. The van der Waals surface area contributed by atoms with Gasteiger partial charge in [0.1, 0.15) is 5.76 Å². The number of rotatable bonds is 3. The van der Waals surface area contributed by atoms with Gasteiger partial charge in [-0.25, -0.2) is 0 Å². The highest BCUT2D eigenvalue weighted by Gasteiger charge is 2.50. The predicted molar refractivity (Wildman–Crippen MR) is 122 cm³/mol. The monoisotopic (exact) mass is 436 g/mol. The Morgan fingerprint density at radius 2 is 1.56 bits per heavy atom. The first-order chi connectivity index (χ1) is 15.1. The zero-order valence-electron chi connectivity index (χ0n) is 19.4. The lowest BCUT2D eigenvalue weighted by Crippen LogP contribution is -2.55. The minimum Gasteiger partial charge on any atom is -0.481 e. The summed E-state index contributed by atoms with van der Waals surface area (Å²) in [6.07, 6.45) is 3.19. The molecule has 2 heterocycles. The number of nitrogens with zero attached hydrogens (tertiary/aromatic N) is 2. The second-order valence-corrected chi connectivity index (χ2v) is 10.2. The number of ketones is 1. The maximum atomic E-state index is 13.3. The Morgan fingerprint density at radius 3 is 2.22 bits per heavy atom. The first kappa shape index (κ1) is 22.3. The summed E-state index contributed by atoms with van der Waals surface area (Å²) < 4.78 is 6.13. The summed E-state index contributed by atoms with van der Waals surface area (Å²) in [7, 11) is 0. The second-order valence-electron chi connectivity index (χ2n) is 10.2. The SMILES string of the molecule is CC(=CC(=O)N1CCN(C(=O)C2(C)CC3=C(CC(C)(C)CC3=O)O2)CC1)c1ccccc1. The van der Waals surface area contributed by atoms with Gasteiger partial charge in [0.15, 0.2) is 11.4 Å². The molecule has 1 aromatic carbocycles. The lowest BCUT2D eigenvalue weighted by atomic mass is 9.76. The second kappa shape index (κ2) is 8.23. The molecule has 0 radical (unpaired) electrons. The average molecular weight is 437 g/mol. The van der Waals surface area contributed by atoms with Gasteiger partial charge < -0.3 is 14.5 Å². The van der Waals surface area contributed by atoms with Gasteiger partial charge in [0.25, 0.3) is 5.91 Å². The zero-order chi connectivity index (χ0) is 23.1. The molecule has 0 aromatic heterocycles. The third kappa shape index (κ3) is 4.36. The van der Waals surface area contributed by atoms with Crippen molar-refractivity contribution in [1.82, 2.24) is 9.80 Å². The Hall–Kier alpha value is -2.89. The van der Waals surface area contributed by atoms with Crippen molar-refractivity contribution in [2.75, 3.05) is 26.2 Å². The van der Waals surface area contributed by atoms with Crippen LogP contribution in [-0.2, 0) is 19.1 Å². The normalized spacial score (nSPS) is 25.5. The number of allylic oxidation sites excluding steroid dienone is 2. The molecular formula is C26H32N2O4. The summed E-state index contributed by atoms with van der Waals surface area (Å²) >= 11 is 0. The van der Waals surface area contributed by atoms with Crippen molar-refractivity contribution in [3.8, 4) is 0 Å². The van der Waals surface area contributed by atoms with E-state index >= 15 is 0 Å². The molecule has 0 bridgehead atoms. The molecule has 1 saturated heterocycles. The number of hydrogen-bond donors (Lipinski definition) is 0. The summed E-state index contributed by atoms with van der Waals surface area (Å²) in [5.41, 5.74) is 1.47. The van der Waals surface area contributed by atoms with Crippen LogP contribution in [0.3, 0.4) is 0 Å². The van der Waals surface area contributed by atoms with Crippen LogP contribution in [0.15, 0.2) is 47.7 Å². The van der Waals surface area contributed by atoms with Gasteiger partial charge in [0, 0.05) is 57.1 Å². The fraction of sp³-hybridized carbons (Fsp3) is 0.500. The van der Waals surface area contributed by atoms with Crippen LogP contribution in [-0.4, -0.2) is 59.2 Å². The Bertz CT molecular complexity index is 1000. The maximum Gasteiger partial charge on any atom is 0.266 e.